The highest BCUT2D eigenvalue weighted by atomic mass is 19.1. The van der Waals surface area contributed by atoms with Crippen LogP contribution >= 0.6 is 0 Å². The third kappa shape index (κ3) is 5.19. The number of hydrogen-bond acceptors (Lipinski definition) is 2. The van der Waals surface area contributed by atoms with Gasteiger partial charge in [-0.05, 0) is 49.1 Å². The topological polar surface area (TPSA) is 66.4 Å². The van der Waals surface area contributed by atoms with Gasteiger partial charge in [0.25, 0.3) is 0 Å². The molecule has 0 spiro atoms. The van der Waals surface area contributed by atoms with E-state index in [1.807, 2.05) is 6.92 Å². The van der Waals surface area contributed by atoms with Crippen molar-refractivity contribution in [3.05, 3.63) is 71.0 Å². The molecule has 2 N–H and O–H groups in total. The molecule has 0 aromatic heterocycles. The third-order valence-corrected chi connectivity index (χ3v) is 3.73. The fraction of sp³-hybridized carbons (Fsp3) is 0.263. The third-order valence-electron chi connectivity index (χ3n) is 3.73. The number of benzene rings is 2. The van der Waals surface area contributed by atoms with Gasteiger partial charge < -0.3 is 10.4 Å². The molecular formula is C19H20FNO3. The van der Waals surface area contributed by atoms with Crippen LogP contribution in [0.15, 0.2) is 48.5 Å². The maximum absolute atomic E-state index is 13.6. The minimum Gasteiger partial charge on any atom is -0.478 e. The molecule has 1 amide bonds. The first-order valence-electron chi connectivity index (χ1n) is 7.80. The number of aryl methyl sites for hydroxylation is 1. The zero-order chi connectivity index (χ0) is 17.5. The van der Waals surface area contributed by atoms with Crippen molar-refractivity contribution in [3.63, 3.8) is 0 Å². The van der Waals surface area contributed by atoms with E-state index in [1.165, 1.54) is 18.2 Å². The molecule has 5 heteroatoms. The molecule has 2 aromatic rings. The Morgan fingerprint density at radius 2 is 1.79 bits per heavy atom. The second-order valence-corrected chi connectivity index (χ2v) is 5.77. The van der Waals surface area contributed by atoms with E-state index in [0.29, 0.717) is 24.8 Å². The normalized spacial score (nSPS) is 11.8. The van der Waals surface area contributed by atoms with Gasteiger partial charge in [0.15, 0.2) is 0 Å². The van der Waals surface area contributed by atoms with Gasteiger partial charge in [-0.2, -0.15) is 0 Å². The number of aromatic carboxylic acids is 1. The summed E-state index contributed by atoms with van der Waals surface area (Å²) < 4.78 is 13.6. The SMILES string of the molecule is CC(Cc1ccccc1F)NC(=O)CCc1ccc(C(=O)O)cc1. The van der Waals surface area contributed by atoms with Gasteiger partial charge in [-0.15, -0.1) is 0 Å². The standard InChI is InChI=1S/C19H20FNO3/c1-13(12-16-4-2-3-5-17(16)20)21-18(22)11-8-14-6-9-15(10-7-14)19(23)24/h2-7,9-10,13H,8,11-12H2,1H3,(H,21,22)(H,23,24). The number of amides is 1. The summed E-state index contributed by atoms with van der Waals surface area (Å²) in [5, 5.41) is 11.7. The Hall–Kier alpha value is -2.69. The van der Waals surface area contributed by atoms with Crippen LogP contribution in [-0.4, -0.2) is 23.0 Å². The Labute approximate surface area is 140 Å². The first-order valence-corrected chi connectivity index (χ1v) is 7.80. The molecule has 0 radical (unpaired) electrons. The van der Waals surface area contributed by atoms with Crippen LogP contribution in [0.5, 0.6) is 0 Å². The zero-order valence-corrected chi connectivity index (χ0v) is 13.5. The Morgan fingerprint density at radius 1 is 1.12 bits per heavy atom. The molecule has 1 unspecified atom stereocenters. The van der Waals surface area contributed by atoms with E-state index >= 15 is 0 Å². The summed E-state index contributed by atoms with van der Waals surface area (Å²) in [5.74, 6) is -1.35. The lowest BCUT2D eigenvalue weighted by Crippen LogP contribution is -2.34. The van der Waals surface area contributed by atoms with Gasteiger partial charge in [0.1, 0.15) is 5.82 Å². The Bertz CT molecular complexity index is 713. The number of halogens is 1. The van der Waals surface area contributed by atoms with Gasteiger partial charge in [0.2, 0.25) is 5.91 Å². The quantitative estimate of drug-likeness (QED) is 0.820. The molecule has 1 atom stereocenters. The van der Waals surface area contributed by atoms with Crippen molar-refractivity contribution in [2.75, 3.05) is 0 Å². The molecule has 0 saturated heterocycles. The molecule has 0 fully saturated rings. The number of hydrogen-bond donors (Lipinski definition) is 2. The van der Waals surface area contributed by atoms with Crippen LogP contribution in [0.3, 0.4) is 0 Å². The molecule has 0 saturated carbocycles. The highest BCUT2D eigenvalue weighted by Crippen LogP contribution is 2.10. The molecular weight excluding hydrogens is 309 g/mol. The fourth-order valence-electron chi connectivity index (χ4n) is 2.46. The Kier molecular flexibility index (Phi) is 6.07. The van der Waals surface area contributed by atoms with Gasteiger partial charge >= 0.3 is 5.97 Å². The molecule has 2 aromatic carbocycles. The van der Waals surface area contributed by atoms with E-state index in [9.17, 15) is 14.0 Å². The van der Waals surface area contributed by atoms with Gasteiger partial charge in [0, 0.05) is 12.5 Å². The molecule has 0 heterocycles. The van der Waals surface area contributed by atoms with Gasteiger partial charge in [0.05, 0.1) is 5.56 Å². The van der Waals surface area contributed by atoms with E-state index in [0.717, 1.165) is 5.56 Å². The maximum atomic E-state index is 13.6. The summed E-state index contributed by atoms with van der Waals surface area (Å²) >= 11 is 0. The summed E-state index contributed by atoms with van der Waals surface area (Å²) in [4.78, 5) is 22.8. The summed E-state index contributed by atoms with van der Waals surface area (Å²) in [6.45, 7) is 1.84. The van der Waals surface area contributed by atoms with Crippen molar-refractivity contribution in [1.82, 2.24) is 5.32 Å². The van der Waals surface area contributed by atoms with E-state index < -0.39 is 5.97 Å². The lowest BCUT2D eigenvalue weighted by Gasteiger charge is -2.14. The number of carboxylic acid groups (broad SMARTS) is 1. The molecule has 4 nitrogen and oxygen atoms in total. The number of carbonyl (C=O) groups excluding carboxylic acids is 1. The summed E-state index contributed by atoms with van der Waals surface area (Å²) in [6, 6.07) is 12.8. The van der Waals surface area contributed by atoms with E-state index in [2.05, 4.69) is 5.32 Å². The highest BCUT2D eigenvalue weighted by molar-refractivity contribution is 5.87. The van der Waals surface area contributed by atoms with Crippen molar-refractivity contribution >= 4 is 11.9 Å². The van der Waals surface area contributed by atoms with Crippen molar-refractivity contribution < 1.29 is 19.1 Å². The Balaban J connectivity index is 1.80. The molecule has 2 rings (SSSR count). The lowest BCUT2D eigenvalue weighted by atomic mass is 10.1. The van der Waals surface area contributed by atoms with E-state index in [1.54, 1.807) is 30.3 Å². The van der Waals surface area contributed by atoms with E-state index in [4.69, 9.17) is 5.11 Å². The molecule has 126 valence electrons. The lowest BCUT2D eigenvalue weighted by molar-refractivity contribution is -0.121. The predicted molar refractivity (Wildman–Crippen MR) is 89.4 cm³/mol. The average Bonchev–Trinajstić information content (AvgIpc) is 2.55. The fourth-order valence-corrected chi connectivity index (χ4v) is 2.46. The second-order valence-electron chi connectivity index (χ2n) is 5.77. The summed E-state index contributed by atoms with van der Waals surface area (Å²) in [5.41, 5.74) is 1.70. The molecule has 0 aliphatic carbocycles. The molecule has 24 heavy (non-hydrogen) atoms. The van der Waals surface area contributed by atoms with Crippen LogP contribution in [0.1, 0.15) is 34.8 Å². The zero-order valence-electron chi connectivity index (χ0n) is 13.5. The first-order chi connectivity index (χ1) is 11.5. The molecule has 0 bridgehead atoms. The summed E-state index contributed by atoms with van der Waals surface area (Å²) in [7, 11) is 0. The molecule has 0 aliphatic heterocycles. The van der Waals surface area contributed by atoms with Crippen molar-refractivity contribution in [2.24, 2.45) is 0 Å². The van der Waals surface area contributed by atoms with Crippen LogP contribution < -0.4 is 5.32 Å². The number of nitrogens with one attached hydrogen (secondary N) is 1. The summed E-state index contributed by atoms with van der Waals surface area (Å²) in [6.07, 6.45) is 1.26. The van der Waals surface area contributed by atoms with Gasteiger partial charge in [-0.1, -0.05) is 30.3 Å². The largest absolute Gasteiger partial charge is 0.478 e. The van der Waals surface area contributed by atoms with E-state index in [-0.39, 0.29) is 23.3 Å². The van der Waals surface area contributed by atoms with Crippen LogP contribution in [0, 0.1) is 5.82 Å². The minimum atomic E-state index is -0.971. The van der Waals surface area contributed by atoms with Crippen molar-refractivity contribution in [1.29, 1.82) is 0 Å². The number of rotatable bonds is 7. The monoisotopic (exact) mass is 329 g/mol. The molecule has 0 aliphatic rings. The minimum absolute atomic E-state index is 0.110. The predicted octanol–water partition coefficient (Wildman–Crippen LogP) is 3.20. The number of carbonyl (C=O) groups is 2. The number of carboxylic acids is 1. The maximum Gasteiger partial charge on any atom is 0.335 e. The highest BCUT2D eigenvalue weighted by Gasteiger charge is 2.11. The van der Waals surface area contributed by atoms with Gasteiger partial charge in [-0.3, -0.25) is 4.79 Å². The van der Waals surface area contributed by atoms with Crippen LogP contribution in [0.2, 0.25) is 0 Å². The van der Waals surface area contributed by atoms with Crippen LogP contribution in [0.25, 0.3) is 0 Å². The van der Waals surface area contributed by atoms with Gasteiger partial charge in [-0.25, -0.2) is 9.18 Å². The first kappa shape index (κ1) is 17.7. The van der Waals surface area contributed by atoms with Crippen LogP contribution in [-0.2, 0) is 17.6 Å². The van der Waals surface area contributed by atoms with Crippen LogP contribution in [0.4, 0.5) is 4.39 Å². The average molecular weight is 329 g/mol. The Morgan fingerprint density at radius 3 is 2.42 bits per heavy atom. The second kappa shape index (κ2) is 8.24. The van der Waals surface area contributed by atoms with Crippen molar-refractivity contribution in [3.8, 4) is 0 Å². The smallest absolute Gasteiger partial charge is 0.335 e. The van der Waals surface area contributed by atoms with Crippen molar-refractivity contribution in [2.45, 2.75) is 32.2 Å².